The molecular formula is C32H52O2. The second-order valence-corrected chi connectivity index (χ2v) is 15.9. The van der Waals surface area contributed by atoms with Crippen molar-refractivity contribution in [2.45, 2.75) is 133 Å². The number of fused-ring (bicyclic) bond motifs is 7. The number of ether oxygens (including phenoxy) is 1. The van der Waals surface area contributed by atoms with Crippen molar-refractivity contribution >= 4 is 5.97 Å². The Kier molecular flexibility index (Phi) is 5.40. The minimum atomic E-state index is -0.110. The van der Waals surface area contributed by atoms with E-state index < -0.39 is 0 Å². The first-order valence-electron chi connectivity index (χ1n) is 14.5. The molecule has 4 fully saturated rings. The van der Waals surface area contributed by atoms with Crippen LogP contribution in [0.4, 0.5) is 0 Å². The Labute approximate surface area is 210 Å². The Bertz CT molecular complexity index is 897. The van der Waals surface area contributed by atoms with Crippen molar-refractivity contribution < 1.29 is 9.53 Å². The third-order valence-electron chi connectivity index (χ3n) is 13.0. The third-order valence-corrected chi connectivity index (χ3v) is 13.0. The summed E-state index contributed by atoms with van der Waals surface area (Å²) in [5.41, 5.74) is 3.90. The SMILES string of the molecule is CC(=O)O[C@H]1CC[C@]2(C)[C@H]3CC[C@]4(C)C(=CC[C@@]5(C)CCC(C)(C)C[C@@H]54)[C@]3(C)CC[C@H]2C1(C)C. The predicted octanol–water partition coefficient (Wildman–Crippen LogP) is 8.74. The van der Waals surface area contributed by atoms with Crippen LogP contribution in [0, 0.1) is 50.2 Å². The first kappa shape index (κ1) is 24.9. The Morgan fingerprint density at radius 1 is 0.794 bits per heavy atom. The third kappa shape index (κ3) is 3.28. The van der Waals surface area contributed by atoms with E-state index in [4.69, 9.17) is 4.74 Å². The first-order valence-corrected chi connectivity index (χ1v) is 14.5. The molecule has 0 N–H and O–H groups in total. The van der Waals surface area contributed by atoms with Crippen LogP contribution < -0.4 is 0 Å². The molecule has 34 heavy (non-hydrogen) atoms. The van der Waals surface area contributed by atoms with E-state index in [0.29, 0.717) is 33.0 Å². The number of hydrogen-bond acceptors (Lipinski definition) is 2. The van der Waals surface area contributed by atoms with Crippen molar-refractivity contribution in [2.75, 3.05) is 0 Å². The second kappa shape index (κ2) is 7.38. The van der Waals surface area contributed by atoms with Crippen molar-refractivity contribution in [3.63, 3.8) is 0 Å². The zero-order valence-electron chi connectivity index (χ0n) is 23.8. The molecule has 0 heterocycles. The number of esters is 1. The normalized spacial score (nSPS) is 51.1. The van der Waals surface area contributed by atoms with E-state index in [9.17, 15) is 4.79 Å². The topological polar surface area (TPSA) is 26.3 Å². The lowest BCUT2D eigenvalue weighted by Gasteiger charge is -2.70. The molecule has 192 valence electrons. The van der Waals surface area contributed by atoms with Gasteiger partial charge in [0.1, 0.15) is 6.10 Å². The van der Waals surface area contributed by atoms with Crippen molar-refractivity contribution in [1.82, 2.24) is 0 Å². The maximum atomic E-state index is 11.9. The van der Waals surface area contributed by atoms with Gasteiger partial charge in [-0.1, -0.05) is 67.0 Å². The lowest BCUT2D eigenvalue weighted by Crippen LogP contribution is -2.63. The van der Waals surface area contributed by atoms with Gasteiger partial charge in [0.15, 0.2) is 0 Å². The van der Waals surface area contributed by atoms with Crippen molar-refractivity contribution in [3.8, 4) is 0 Å². The molecule has 0 unspecified atom stereocenters. The van der Waals surface area contributed by atoms with E-state index in [1.165, 1.54) is 57.8 Å². The summed E-state index contributed by atoms with van der Waals surface area (Å²) in [6.07, 6.45) is 15.9. The fraction of sp³-hybridized carbons (Fsp3) is 0.906. The fourth-order valence-electron chi connectivity index (χ4n) is 11.2. The van der Waals surface area contributed by atoms with E-state index in [1.807, 2.05) is 5.57 Å². The van der Waals surface area contributed by atoms with Gasteiger partial charge in [-0.05, 0) is 109 Å². The largest absolute Gasteiger partial charge is 0.462 e. The molecule has 0 saturated heterocycles. The van der Waals surface area contributed by atoms with Crippen LogP contribution >= 0.6 is 0 Å². The van der Waals surface area contributed by atoms with Crippen LogP contribution in [0.5, 0.6) is 0 Å². The summed E-state index contributed by atoms with van der Waals surface area (Å²) >= 11 is 0. The molecule has 5 aliphatic carbocycles. The highest BCUT2D eigenvalue weighted by Crippen LogP contribution is 2.75. The Morgan fingerprint density at radius 3 is 2.06 bits per heavy atom. The second-order valence-electron chi connectivity index (χ2n) is 15.9. The lowest BCUT2D eigenvalue weighted by molar-refractivity contribution is -0.198. The van der Waals surface area contributed by atoms with Crippen molar-refractivity contribution in [1.29, 1.82) is 0 Å². The standard InChI is InChI=1S/C32H52O2/c1-21(33)34-26-13-17-30(7)22(28(26,4)5)11-15-31(8)23-10-14-29(6)19-18-27(2,3)20-25(29)32(23,9)16-12-24(30)31/h10,22,24-26H,11-20H2,1-9H3/t22-,24+,25-,26-,29-,30-,31-,32+/m0/s1. The molecule has 4 saturated carbocycles. The molecule has 0 aromatic carbocycles. The predicted molar refractivity (Wildman–Crippen MR) is 140 cm³/mol. The van der Waals surface area contributed by atoms with Crippen molar-refractivity contribution in [3.05, 3.63) is 11.6 Å². The molecule has 0 radical (unpaired) electrons. The molecule has 0 spiro atoms. The average Bonchev–Trinajstić information content (AvgIpc) is 2.70. The summed E-state index contributed by atoms with van der Waals surface area (Å²) in [7, 11) is 0. The summed E-state index contributed by atoms with van der Waals surface area (Å²) in [6.45, 7) is 22.0. The highest BCUT2D eigenvalue weighted by atomic mass is 16.5. The van der Waals surface area contributed by atoms with E-state index in [-0.39, 0.29) is 17.5 Å². The Morgan fingerprint density at radius 2 is 1.41 bits per heavy atom. The van der Waals surface area contributed by atoms with Crippen LogP contribution in [0.1, 0.15) is 127 Å². The minimum absolute atomic E-state index is 0.0493. The van der Waals surface area contributed by atoms with Crippen LogP contribution in [-0.4, -0.2) is 12.1 Å². The van der Waals surface area contributed by atoms with Gasteiger partial charge in [-0.3, -0.25) is 4.79 Å². The molecule has 0 aliphatic heterocycles. The van der Waals surface area contributed by atoms with Gasteiger partial charge in [0.2, 0.25) is 0 Å². The quantitative estimate of drug-likeness (QED) is 0.284. The molecule has 0 aromatic rings. The average molecular weight is 469 g/mol. The fourth-order valence-corrected chi connectivity index (χ4v) is 11.2. The molecule has 0 bridgehead atoms. The maximum Gasteiger partial charge on any atom is 0.302 e. The van der Waals surface area contributed by atoms with Gasteiger partial charge >= 0.3 is 5.97 Å². The van der Waals surface area contributed by atoms with Crippen LogP contribution in [0.25, 0.3) is 0 Å². The van der Waals surface area contributed by atoms with E-state index in [1.54, 1.807) is 6.92 Å². The van der Waals surface area contributed by atoms with Gasteiger partial charge in [-0.15, -0.1) is 0 Å². The van der Waals surface area contributed by atoms with Crippen LogP contribution in [0.15, 0.2) is 11.6 Å². The minimum Gasteiger partial charge on any atom is -0.462 e. The van der Waals surface area contributed by atoms with Gasteiger partial charge in [0.25, 0.3) is 0 Å². The van der Waals surface area contributed by atoms with E-state index in [2.05, 4.69) is 61.5 Å². The number of rotatable bonds is 1. The summed E-state index contributed by atoms with van der Waals surface area (Å²) in [4.78, 5) is 11.9. The zero-order chi connectivity index (χ0) is 24.9. The summed E-state index contributed by atoms with van der Waals surface area (Å²) in [5, 5.41) is 0. The van der Waals surface area contributed by atoms with Gasteiger partial charge in [-0.25, -0.2) is 0 Å². The molecule has 8 atom stereocenters. The number of carbonyl (C=O) groups is 1. The summed E-state index contributed by atoms with van der Waals surface area (Å²) < 4.78 is 5.90. The molecule has 0 aromatic heterocycles. The number of allylic oxidation sites excluding steroid dienone is 2. The maximum absolute atomic E-state index is 11.9. The highest BCUT2D eigenvalue weighted by Gasteiger charge is 2.67. The molecule has 5 aliphatic rings. The van der Waals surface area contributed by atoms with Gasteiger partial charge in [-0.2, -0.15) is 0 Å². The van der Waals surface area contributed by atoms with E-state index >= 15 is 0 Å². The summed E-state index contributed by atoms with van der Waals surface area (Å²) in [5.74, 6) is 2.09. The van der Waals surface area contributed by atoms with Crippen LogP contribution in [-0.2, 0) is 9.53 Å². The Balaban J connectivity index is 1.51. The molecule has 5 rings (SSSR count). The first-order chi connectivity index (χ1) is 15.6. The van der Waals surface area contributed by atoms with Gasteiger partial charge in [0.05, 0.1) is 0 Å². The summed E-state index contributed by atoms with van der Waals surface area (Å²) in [6, 6.07) is 0. The van der Waals surface area contributed by atoms with Crippen LogP contribution in [0.2, 0.25) is 0 Å². The smallest absolute Gasteiger partial charge is 0.302 e. The highest BCUT2D eigenvalue weighted by molar-refractivity contribution is 5.66. The molecule has 2 heteroatoms. The number of carbonyl (C=O) groups excluding carboxylic acids is 1. The van der Waals surface area contributed by atoms with Gasteiger partial charge < -0.3 is 4.74 Å². The van der Waals surface area contributed by atoms with Gasteiger partial charge in [0, 0.05) is 12.3 Å². The molecule has 2 nitrogen and oxygen atoms in total. The van der Waals surface area contributed by atoms with Crippen LogP contribution in [0.3, 0.4) is 0 Å². The zero-order valence-corrected chi connectivity index (χ0v) is 23.8. The lowest BCUT2D eigenvalue weighted by atomic mass is 9.34. The van der Waals surface area contributed by atoms with E-state index in [0.717, 1.165) is 18.3 Å². The molecular weight excluding hydrogens is 416 g/mol. The monoisotopic (exact) mass is 468 g/mol. The van der Waals surface area contributed by atoms with Crippen molar-refractivity contribution in [2.24, 2.45) is 50.2 Å². The Hall–Kier alpha value is -0.790. The number of hydrogen-bond donors (Lipinski definition) is 0. The molecule has 0 amide bonds.